The number of carbonyl (C=O) groups excluding carboxylic acids is 1. The highest BCUT2D eigenvalue weighted by Gasteiger charge is 2.04. The average Bonchev–Trinajstić information content (AvgIpc) is 2.25. The van der Waals surface area contributed by atoms with Crippen LogP contribution in [0.5, 0.6) is 0 Å². The second-order valence-electron chi connectivity index (χ2n) is 3.54. The molecule has 2 N–H and O–H groups in total. The van der Waals surface area contributed by atoms with Crippen molar-refractivity contribution in [2.75, 3.05) is 0 Å². The SMILES string of the molecule is CCC/C=C(\Cc1ccccc1)C(N)=O. The van der Waals surface area contributed by atoms with Gasteiger partial charge in [-0.1, -0.05) is 49.8 Å². The van der Waals surface area contributed by atoms with Gasteiger partial charge in [0, 0.05) is 12.0 Å². The smallest absolute Gasteiger partial charge is 0.244 e. The number of rotatable bonds is 5. The highest BCUT2D eigenvalue weighted by molar-refractivity contribution is 5.92. The standard InChI is InChI=1S/C13H17NO/c1-2-3-9-12(13(14)15)10-11-7-5-4-6-8-11/h4-9H,2-3,10H2,1H3,(H2,14,15)/b12-9+. The van der Waals surface area contributed by atoms with Gasteiger partial charge in [-0.25, -0.2) is 0 Å². The zero-order valence-corrected chi connectivity index (χ0v) is 9.07. The van der Waals surface area contributed by atoms with Gasteiger partial charge in [-0.15, -0.1) is 0 Å². The summed E-state index contributed by atoms with van der Waals surface area (Å²) in [6, 6.07) is 9.90. The van der Waals surface area contributed by atoms with Crippen molar-refractivity contribution in [3.63, 3.8) is 0 Å². The lowest BCUT2D eigenvalue weighted by Crippen LogP contribution is -2.15. The van der Waals surface area contributed by atoms with Crippen LogP contribution in [0.3, 0.4) is 0 Å². The van der Waals surface area contributed by atoms with E-state index in [2.05, 4.69) is 6.92 Å². The van der Waals surface area contributed by atoms with Crippen molar-refractivity contribution < 1.29 is 4.79 Å². The molecular formula is C13H17NO. The lowest BCUT2D eigenvalue weighted by molar-refractivity contribution is -0.114. The highest BCUT2D eigenvalue weighted by atomic mass is 16.1. The Balaban J connectivity index is 2.72. The van der Waals surface area contributed by atoms with Crippen molar-refractivity contribution in [3.05, 3.63) is 47.5 Å². The van der Waals surface area contributed by atoms with Gasteiger partial charge < -0.3 is 5.73 Å². The summed E-state index contributed by atoms with van der Waals surface area (Å²) < 4.78 is 0. The van der Waals surface area contributed by atoms with E-state index in [-0.39, 0.29) is 5.91 Å². The molecule has 0 aliphatic heterocycles. The van der Waals surface area contributed by atoms with Crippen molar-refractivity contribution >= 4 is 5.91 Å². The number of nitrogens with two attached hydrogens (primary N) is 1. The number of carbonyl (C=O) groups is 1. The maximum Gasteiger partial charge on any atom is 0.244 e. The van der Waals surface area contributed by atoms with E-state index in [0.29, 0.717) is 12.0 Å². The maximum atomic E-state index is 11.2. The zero-order valence-electron chi connectivity index (χ0n) is 9.07. The highest BCUT2D eigenvalue weighted by Crippen LogP contribution is 2.08. The van der Waals surface area contributed by atoms with Gasteiger partial charge >= 0.3 is 0 Å². The van der Waals surface area contributed by atoms with Crippen LogP contribution in [0.2, 0.25) is 0 Å². The van der Waals surface area contributed by atoms with Crippen LogP contribution in [0.15, 0.2) is 42.0 Å². The molecule has 0 radical (unpaired) electrons. The largest absolute Gasteiger partial charge is 0.366 e. The first kappa shape index (κ1) is 11.5. The summed E-state index contributed by atoms with van der Waals surface area (Å²) in [6.07, 6.45) is 4.52. The summed E-state index contributed by atoms with van der Waals surface area (Å²) in [4.78, 5) is 11.2. The Hall–Kier alpha value is -1.57. The fraction of sp³-hybridized carbons (Fsp3) is 0.308. The van der Waals surface area contributed by atoms with Gasteiger partial charge in [0.05, 0.1) is 0 Å². The van der Waals surface area contributed by atoms with Crippen LogP contribution in [-0.4, -0.2) is 5.91 Å². The topological polar surface area (TPSA) is 43.1 Å². The summed E-state index contributed by atoms with van der Waals surface area (Å²) in [5.74, 6) is -0.313. The number of hydrogen-bond donors (Lipinski definition) is 1. The Bertz CT molecular complexity index is 341. The predicted molar refractivity (Wildman–Crippen MR) is 62.3 cm³/mol. The van der Waals surface area contributed by atoms with Crippen LogP contribution in [-0.2, 0) is 11.2 Å². The summed E-state index contributed by atoms with van der Waals surface area (Å²) >= 11 is 0. The number of allylic oxidation sites excluding steroid dienone is 1. The summed E-state index contributed by atoms with van der Waals surface area (Å²) in [6.45, 7) is 2.08. The van der Waals surface area contributed by atoms with Crippen LogP contribution >= 0.6 is 0 Å². The van der Waals surface area contributed by atoms with E-state index < -0.39 is 0 Å². The minimum absolute atomic E-state index is 0.313. The van der Waals surface area contributed by atoms with E-state index in [4.69, 9.17) is 5.73 Å². The third-order valence-electron chi connectivity index (χ3n) is 2.23. The van der Waals surface area contributed by atoms with E-state index >= 15 is 0 Å². The third-order valence-corrected chi connectivity index (χ3v) is 2.23. The minimum atomic E-state index is -0.313. The van der Waals surface area contributed by atoms with Crippen molar-refractivity contribution in [2.45, 2.75) is 26.2 Å². The number of hydrogen-bond acceptors (Lipinski definition) is 1. The number of primary amides is 1. The lowest BCUT2D eigenvalue weighted by Gasteiger charge is -2.03. The Morgan fingerprint density at radius 3 is 2.53 bits per heavy atom. The summed E-state index contributed by atoms with van der Waals surface area (Å²) in [5.41, 5.74) is 7.15. The van der Waals surface area contributed by atoms with E-state index in [0.717, 1.165) is 18.4 Å². The molecule has 0 atom stereocenters. The Morgan fingerprint density at radius 1 is 1.33 bits per heavy atom. The second-order valence-corrected chi connectivity index (χ2v) is 3.54. The molecule has 80 valence electrons. The molecule has 0 unspecified atom stereocenters. The van der Waals surface area contributed by atoms with Gasteiger partial charge in [0.15, 0.2) is 0 Å². The molecule has 0 aliphatic rings. The third kappa shape index (κ3) is 3.98. The number of benzene rings is 1. The van der Waals surface area contributed by atoms with E-state index in [1.54, 1.807) is 0 Å². The molecule has 1 aromatic rings. The molecule has 1 rings (SSSR count). The van der Waals surface area contributed by atoms with E-state index in [9.17, 15) is 4.79 Å². The molecule has 1 aromatic carbocycles. The monoisotopic (exact) mass is 203 g/mol. The van der Waals surface area contributed by atoms with Crippen molar-refractivity contribution in [1.29, 1.82) is 0 Å². The molecule has 1 amide bonds. The normalized spacial score (nSPS) is 11.4. The Kier molecular flexibility index (Phi) is 4.61. The fourth-order valence-corrected chi connectivity index (χ4v) is 1.39. The van der Waals surface area contributed by atoms with Crippen LogP contribution < -0.4 is 5.73 Å². The van der Waals surface area contributed by atoms with Crippen LogP contribution in [0.25, 0.3) is 0 Å². The number of unbranched alkanes of at least 4 members (excludes halogenated alkanes) is 1. The zero-order chi connectivity index (χ0) is 11.1. The quantitative estimate of drug-likeness (QED) is 0.734. The first-order valence-corrected chi connectivity index (χ1v) is 5.26. The molecule has 2 nitrogen and oxygen atoms in total. The summed E-state index contributed by atoms with van der Waals surface area (Å²) in [7, 11) is 0. The maximum absolute atomic E-state index is 11.2. The predicted octanol–water partition coefficient (Wildman–Crippen LogP) is 2.44. The molecule has 2 heteroatoms. The molecule has 0 aromatic heterocycles. The fourth-order valence-electron chi connectivity index (χ4n) is 1.39. The van der Waals surface area contributed by atoms with Gasteiger partial charge in [0.2, 0.25) is 5.91 Å². The molecule has 0 fully saturated rings. The molecule has 0 saturated heterocycles. The minimum Gasteiger partial charge on any atom is -0.366 e. The van der Waals surface area contributed by atoms with Crippen molar-refractivity contribution in [1.82, 2.24) is 0 Å². The molecule has 0 saturated carbocycles. The molecule has 0 heterocycles. The molecule has 0 spiro atoms. The Labute approximate surface area is 90.8 Å². The lowest BCUT2D eigenvalue weighted by atomic mass is 10.0. The molecule has 15 heavy (non-hydrogen) atoms. The van der Waals surface area contributed by atoms with Crippen LogP contribution in [0, 0.1) is 0 Å². The van der Waals surface area contributed by atoms with Gasteiger partial charge in [-0.05, 0) is 12.0 Å². The Morgan fingerprint density at radius 2 is 2.00 bits per heavy atom. The van der Waals surface area contributed by atoms with Gasteiger partial charge in [0.1, 0.15) is 0 Å². The van der Waals surface area contributed by atoms with Gasteiger partial charge in [0.25, 0.3) is 0 Å². The van der Waals surface area contributed by atoms with Crippen LogP contribution in [0.1, 0.15) is 25.3 Å². The molecular weight excluding hydrogens is 186 g/mol. The van der Waals surface area contributed by atoms with Crippen molar-refractivity contribution in [2.24, 2.45) is 5.73 Å². The van der Waals surface area contributed by atoms with Gasteiger partial charge in [-0.3, -0.25) is 4.79 Å². The molecule has 0 aliphatic carbocycles. The molecule has 0 bridgehead atoms. The van der Waals surface area contributed by atoms with E-state index in [1.165, 1.54) is 0 Å². The van der Waals surface area contributed by atoms with Crippen LogP contribution in [0.4, 0.5) is 0 Å². The first-order chi connectivity index (χ1) is 7.24. The summed E-state index contributed by atoms with van der Waals surface area (Å²) in [5, 5.41) is 0. The average molecular weight is 203 g/mol. The van der Waals surface area contributed by atoms with Gasteiger partial charge in [-0.2, -0.15) is 0 Å². The number of amides is 1. The van der Waals surface area contributed by atoms with Crippen molar-refractivity contribution in [3.8, 4) is 0 Å². The first-order valence-electron chi connectivity index (χ1n) is 5.26. The second kappa shape index (κ2) is 6.02. The van der Waals surface area contributed by atoms with E-state index in [1.807, 2.05) is 36.4 Å².